The molecule has 5 aromatic carbocycles. The largest absolute Gasteiger partial charge is 0.309 e. The Morgan fingerprint density at radius 3 is 1.33 bits per heavy atom. The van der Waals surface area contributed by atoms with E-state index in [0.717, 1.165) is 44.6 Å². The Morgan fingerprint density at radius 2 is 0.816 bits per heavy atom. The van der Waals surface area contributed by atoms with E-state index in [-0.39, 0.29) is 0 Å². The van der Waals surface area contributed by atoms with Crippen LogP contribution in [0.1, 0.15) is 0 Å². The summed E-state index contributed by atoms with van der Waals surface area (Å²) in [6, 6.07) is 49.2. The summed E-state index contributed by atoms with van der Waals surface area (Å²) in [5.41, 5.74) is 9.56. The molecule has 0 saturated carbocycles. The van der Waals surface area contributed by atoms with Gasteiger partial charge in [0.2, 0.25) is 0 Å². The van der Waals surface area contributed by atoms with Crippen molar-refractivity contribution in [3.8, 4) is 39.8 Å². The van der Waals surface area contributed by atoms with Crippen molar-refractivity contribution in [2.45, 2.75) is 0 Å². The van der Waals surface area contributed by atoms with Crippen LogP contribution in [-0.2, 0) is 0 Å². The number of para-hydroxylation sites is 3. The van der Waals surface area contributed by atoms with Crippen LogP contribution in [0.25, 0.3) is 83.4 Å². The summed E-state index contributed by atoms with van der Waals surface area (Å²) in [7, 11) is 0. The Labute approximate surface area is 281 Å². The molecule has 0 amide bonds. The quantitative estimate of drug-likeness (QED) is 0.190. The Bertz CT molecular complexity index is 2720. The third kappa shape index (κ3) is 4.22. The lowest BCUT2D eigenvalue weighted by Crippen LogP contribution is -2.01. The van der Waals surface area contributed by atoms with Crippen LogP contribution in [0.15, 0.2) is 164 Å². The molecule has 7 heteroatoms. The van der Waals surface area contributed by atoms with Crippen molar-refractivity contribution in [1.82, 2.24) is 33.9 Å². The molecule has 5 heterocycles. The maximum absolute atomic E-state index is 4.65. The Kier molecular flexibility index (Phi) is 6.04. The molecule has 0 fully saturated rings. The highest BCUT2D eigenvalue weighted by atomic mass is 15.3. The van der Waals surface area contributed by atoms with Crippen molar-refractivity contribution in [2.24, 2.45) is 0 Å². The van der Waals surface area contributed by atoms with Crippen LogP contribution in [0.5, 0.6) is 0 Å². The van der Waals surface area contributed by atoms with E-state index in [1.54, 1.807) is 12.4 Å². The SMILES string of the molecule is c1cncc(-c2nnc(-c3cccnc3)n2-c2ccc3c(c2)c2ccccc2n3-c2cccc(-n3c4ccccc4c4ccccc43)c2)c1. The second-order valence-corrected chi connectivity index (χ2v) is 12.1. The molecular formula is C42H27N7. The van der Waals surface area contributed by atoms with Gasteiger partial charge >= 0.3 is 0 Å². The third-order valence-corrected chi connectivity index (χ3v) is 9.34. The monoisotopic (exact) mass is 629 g/mol. The van der Waals surface area contributed by atoms with Gasteiger partial charge in [-0.2, -0.15) is 0 Å². The Balaban J connectivity index is 1.19. The molecule has 5 aromatic heterocycles. The molecule has 0 atom stereocenters. The second-order valence-electron chi connectivity index (χ2n) is 12.1. The maximum atomic E-state index is 4.65. The summed E-state index contributed by atoms with van der Waals surface area (Å²) in [6.07, 6.45) is 7.18. The number of benzene rings is 5. The van der Waals surface area contributed by atoms with Crippen molar-refractivity contribution in [3.63, 3.8) is 0 Å². The van der Waals surface area contributed by atoms with E-state index < -0.39 is 0 Å². The van der Waals surface area contributed by atoms with E-state index in [2.05, 4.69) is 149 Å². The average Bonchev–Trinajstić information content (AvgIpc) is 3.86. The molecule has 0 radical (unpaired) electrons. The topological polar surface area (TPSA) is 66.3 Å². The second kappa shape index (κ2) is 10.9. The molecule has 0 aliphatic rings. The van der Waals surface area contributed by atoms with Crippen molar-refractivity contribution in [3.05, 3.63) is 164 Å². The van der Waals surface area contributed by atoms with Crippen molar-refractivity contribution >= 4 is 43.6 Å². The average molecular weight is 630 g/mol. The van der Waals surface area contributed by atoms with E-state index in [0.29, 0.717) is 11.6 Å². The fraction of sp³-hybridized carbons (Fsp3) is 0. The predicted octanol–water partition coefficient (Wildman–Crippen LogP) is 9.59. The van der Waals surface area contributed by atoms with Crippen molar-refractivity contribution in [2.75, 3.05) is 0 Å². The van der Waals surface area contributed by atoms with Gasteiger partial charge in [0, 0.05) is 68.8 Å². The smallest absolute Gasteiger partial charge is 0.170 e. The van der Waals surface area contributed by atoms with Gasteiger partial charge in [-0.1, -0.05) is 60.7 Å². The first-order valence-corrected chi connectivity index (χ1v) is 16.2. The number of rotatable bonds is 5. The summed E-state index contributed by atoms with van der Waals surface area (Å²) in [5.74, 6) is 1.43. The van der Waals surface area contributed by atoms with Gasteiger partial charge in [0.05, 0.1) is 27.8 Å². The molecule has 0 bridgehead atoms. The van der Waals surface area contributed by atoms with Crippen LogP contribution in [0.3, 0.4) is 0 Å². The Morgan fingerprint density at radius 1 is 0.347 bits per heavy atom. The molecule has 10 aromatic rings. The van der Waals surface area contributed by atoms with Gasteiger partial charge in [-0.3, -0.25) is 14.5 Å². The van der Waals surface area contributed by atoms with E-state index >= 15 is 0 Å². The highest BCUT2D eigenvalue weighted by Gasteiger charge is 2.20. The maximum Gasteiger partial charge on any atom is 0.170 e. The molecule has 230 valence electrons. The van der Waals surface area contributed by atoms with Crippen LogP contribution < -0.4 is 0 Å². The zero-order valence-electron chi connectivity index (χ0n) is 26.2. The van der Waals surface area contributed by atoms with Crippen LogP contribution in [0, 0.1) is 0 Å². The van der Waals surface area contributed by atoms with E-state index in [1.165, 1.54) is 27.2 Å². The molecule has 7 nitrogen and oxygen atoms in total. The molecule has 0 spiro atoms. The van der Waals surface area contributed by atoms with Gasteiger partial charge in [-0.15, -0.1) is 10.2 Å². The fourth-order valence-electron chi connectivity index (χ4n) is 7.24. The highest BCUT2D eigenvalue weighted by Crippen LogP contribution is 2.37. The first-order chi connectivity index (χ1) is 24.3. The number of hydrogen-bond donors (Lipinski definition) is 0. The molecular weight excluding hydrogens is 603 g/mol. The third-order valence-electron chi connectivity index (χ3n) is 9.34. The zero-order chi connectivity index (χ0) is 32.3. The van der Waals surface area contributed by atoms with Gasteiger partial charge in [0.15, 0.2) is 11.6 Å². The first kappa shape index (κ1) is 27.3. The number of hydrogen-bond acceptors (Lipinski definition) is 4. The fourth-order valence-corrected chi connectivity index (χ4v) is 7.24. The van der Waals surface area contributed by atoms with Crippen molar-refractivity contribution in [1.29, 1.82) is 0 Å². The summed E-state index contributed by atoms with van der Waals surface area (Å²) < 4.78 is 6.83. The molecule has 0 N–H and O–H groups in total. The van der Waals surface area contributed by atoms with E-state index in [4.69, 9.17) is 0 Å². The van der Waals surface area contributed by atoms with Gasteiger partial charge in [-0.25, -0.2) is 0 Å². The number of pyridine rings is 2. The summed E-state index contributed by atoms with van der Waals surface area (Å²) in [5, 5.41) is 14.1. The summed E-state index contributed by atoms with van der Waals surface area (Å²) in [4.78, 5) is 8.73. The van der Waals surface area contributed by atoms with Crippen LogP contribution in [0.2, 0.25) is 0 Å². The first-order valence-electron chi connectivity index (χ1n) is 16.2. The van der Waals surface area contributed by atoms with Crippen LogP contribution >= 0.6 is 0 Å². The number of nitrogens with zero attached hydrogens (tertiary/aromatic N) is 7. The number of aromatic nitrogens is 7. The minimum atomic E-state index is 0.717. The lowest BCUT2D eigenvalue weighted by atomic mass is 10.1. The summed E-state index contributed by atoms with van der Waals surface area (Å²) in [6.45, 7) is 0. The van der Waals surface area contributed by atoms with E-state index in [1.807, 2.05) is 36.7 Å². The van der Waals surface area contributed by atoms with Gasteiger partial charge in [0.25, 0.3) is 0 Å². The highest BCUT2D eigenvalue weighted by molar-refractivity contribution is 6.11. The zero-order valence-corrected chi connectivity index (χ0v) is 26.2. The number of fused-ring (bicyclic) bond motifs is 6. The normalized spacial score (nSPS) is 11.7. The van der Waals surface area contributed by atoms with Crippen molar-refractivity contribution < 1.29 is 0 Å². The lowest BCUT2D eigenvalue weighted by Gasteiger charge is -2.13. The Hall–Kier alpha value is -6.86. The molecule has 0 unspecified atom stereocenters. The minimum absolute atomic E-state index is 0.717. The minimum Gasteiger partial charge on any atom is -0.309 e. The molecule has 0 aliphatic heterocycles. The van der Waals surface area contributed by atoms with Crippen LogP contribution in [-0.4, -0.2) is 33.9 Å². The molecule has 49 heavy (non-hydrogen) atoms. The van der Waals surface area contributed by atoms with Gasteiger partial charge in [0.1, 0.15) is 0 Å². The summed E-state index contributed by atoms with van der Waals surface area (Å²) >= 11 is 0. The van der Waals surface area contributed by atoms with Gasteiger partial charge in [-0.05, 0) is 78.9 Å². The predicted molar refractivity (Wildman–Crippen MR) is 196 cm³/mol. The molecule has 0 saturated heterocycles. The van der Waals surface area contributed by atoms with E-state index in [9.17, 15) is 0 Å². The van der Waals surface area contributed by atoms with Crippen LogP contribution in [0.4, 0.5) is 0 Å². The molecule has 10 rings (SSSR count). The standard InChI is InChI=1S/C42H27N7/c1-4-17-37-33(14-1)34-15-2-5-18-38(34)47(37)30-12-7-13-31(24-30)48-39-19-6-3-16-35(39)36-25-32(20-21-40(36)48)49-41(28-10-8-22-43-26-28)45-46-42(49)29-11-9-23-44-27-29/h1-27H. The lowest BCUT2D eigenvalue weighted by molar-refractivity contribution is 1.07. The van der Waals surface area contributed by atoms with Gasteiger partial charge < -0.3 is 9.13 Å². The molecule has 0 aliphatic carbocycles.